The van der Waals surface area contributed by atoms with Crippen LogP contribution < -0.4 is 10.1 Å². The maximum absolute atomic E-state index is 12.5. The molecule has 5 heteroatoms. The van der Waals surface area contributed by atoms with Gasteiger partial charge in [0.25, 0.3) is 0 Å². The Morgan fingerprint density at radius 3 is 2.27 bits per heavy atom. The molecule has 0 aromatic heterocycles. The number of nitrogens with one attached hydrogen (secondary N) is 1. The molecule has 2 amide bonds. The van der Waals surface area contributed by atoms with E-state index in [1.54, 1.807) is 0 Å². The molecule has 0 unspecified atom stereocenters. The molecule has 0 saturated carbocycles. The zero-order valence-electron chi connectivity index (χ0n) is 20.3. The minimum atomic E-state index is 0.0938. The van der Waals surface area contributed by atoms with Crippen LogP contribution in [0.25, 0.3) is 0 Å². The van der Waals surface area contributed by atoms with Gasteiger partial charge in [-0.2, -0.15) is 0 Å². The van der Waals surface area contributed by atoms with Crippen LogP contribution >= 0.6 is 0 Å². The Morgan fingerprint density at radius 2 is 1.64 bits per heavy atom. The molecule has 1 aliphatic heterocycles. The van der Waals surface area contributed by atoms with E-state index in [9.17, 15) is 9.59 Å². The van der Waals surface area contributed by atoms with Gasteiger partial charge in [0.2, 0.25) is 11.8 Å². The smallest absolute Gasteiger partial charge is 0.222 e. The standard InChI is InChI=1S/C28H38N2O3/c1-28(2,3)23-12-14-25(15-13-23)33-21-7-10-27(32)30-19-17-24(18-20-30)29-26(31)16-11-22-8-5-4-6-9-22/h4-6,8-9,12-15,24H,7,10-11,16-21H2,1-3H3,(H,29,31). The number of carbonyl (C=O) groups is 2. The summed E-state index contributed by atoms with van der Waals surface area (Å²) in [6.45, 7) is 8.52. The molecule has 178 valence electrons. The lowest BCUT2D eigenvalue weighted by atomic mass is 9.87. The van der Waals surface area contributed by atoms with Crippen molar-refractivity contribution in [3.63, 3.8) is 0 Å². The molecule has 1 aliphatic rings. The lowest BCUT2D eigenvalue weighted by Gasteiger charge is -2.32. The van der Waals surface area contributed by atoms with Gasteiger partial charge in [0.1, 0.15) is 5.75 Å². The Balaban J connectivity index is 1.29. The number of benzene rings is 2. The van der Waals surface area contributed by atoms with Gasteiger partial charge < -0.3 is 15.0 Å². The van der Waals surface area contributed by atoms with Crippen LogP contribution in [0.1, 0.15) is 64.0 Å². The quantitative estimate of drug-likeness (QED) is 0.554. The number of rotatable bonds is 9. The van der Waals surface area contributed by atoms with Crippen molar-refractivity contribution in [2.24, 2.45) is 0 Å². The van der Waals surface area contributed by atoms with Crippen molar-refractivity contribution in [1.29, 1.82) is 0 Å². The molecule has 1 fully saturated rings. The molecule has 2 aromatic rings. The van der Waals surface area contributed by atoms with Crippen molar-refractivity contribution >= 4 is 11.8 Å². The second-order valence-corrected chi connectivity index (χ2v) is 9.93. The third-order valence-electron chi connectivity index (χ3n) is 6.22. The maximum Gasteiger partial charge on any atom is 0.222 e. The normalized spacial score (nSPS) is 14.7. The molecule has 0 spiro atoms. The number of nitrogens with zero attached hydrogens (tertiary/aromatic N) is 1. The van der Waals surface area contributed by atoms with Crippen LogP contribution in [0.3, 0.4) is 0 Å². The van der Waals surface area contributed by atoms with Gasteiger partial charge in [0, 0.05) is 32.0 Å². The highest BCUT2D eigenvalue weighted by Crippen LogP contribution is 2.24. The Hall–Kier alpha value is -2.82. The van der Waals surface area contributed by atoms with Crippen LogP contribution in [0, 0.1) is 0 Å². The van der Waals surface area contributed by atoms with E-state index in [-0.39, 0.29) is 23.3 Å². The van der Waals surface area contributed by atoms with Gasteiger partial charge in [-0.3, -0.25) is 9.59 Å². The largest absolute Gasteiger partial charge is 0.494 e. The van der Waals surface area contributed by atoms with E-state index in [1.165, 1.54) is 11.1 Å². The summed E-state index contributed by atoms with van der Waals surface area (Å²) in [6, 6.07) is 18.4. The van der Waals surface area contributed by atoms with E-state index in [2.05, 4.69) is 38.2 Å². The number of carbonyl (C=O) groups excluding carboxylic acids is 2. The summed E-state index contributed by atoms with van der Waals surface area (Å²) in [7, 11) is 0. The molecule has 5 nitrogen and oxygen atoms in total. The number of piperidine rings is 1. The van der Waals surface area contributed by atoms with Crippen molar-refractivity contribution in [2.75, 3.05) is 19.7 Å². The molecule has 1 heterocycles. The second-order valence-electron chi connectivity index (χ2n) is 9.93. The minimum absolute atomic E-state index is 0.0938. The third-order valence-corrected chi connectivity index (χ3v) is 6.22. The number of hydrogen-bond donors (Lipinski definition) is 1. The lowest BCUT2D eigenvalue weighted by Crippen LogP contribution is -2.46. The average molecular weight is 451 g/mol. The predicted molar refractivity (Wildman–Crippen MR) is 132 cm³/mol. The second kappa shape index (κ2) is 11.9. The summed E-state index contributed by atoms with van der Waals surface area (Å²) in [5, 5.41) is 3.14. The first kappa shape index (κ1) is 24.8. The molecule has 1 N–H and O–H groups in total. The summed E-state index contributed by atoms with van der Waals surface area (Å²) in [5.74, 6) is 1.12. The van der Waals surface area contributed by atoms with E-state index in [4.69, 9.17) is 4.74 Å². The Bertz CT molecular complexity index is 880. The first-order chi connectivity index (χ1) is 15.8. The fourth-order valence-corrected chi connectivity index (χ4v) is 4.10. The summed E-state index contributed by atoms with van der Waals surface area (Å²) in [6.07, 6.45) is 4.10. The molecule has 33 heavy (non-hydrogen) atoms. The van der Waals surface area contributed by atoms with Crippen LogP contribution in [0.5, 0.6) is 5.75 Å². The van der Waals surface area contributed by atoms with Crippen molar-refractivity contribution in [2.45, 2.75) is 70.8 Å². The highest BCUT2D eigenvalue weighted by Gasteiger charge is 2.23. The zero-order valence-corrected chi connectivity index (χ0v) is 20.3. The topological polar surface area (TPSA) is 58.6 Å². The van der Waals surface area contributed by atoms with E-state index in [1.807, 2.05) is 47.4 Å². The van der Waals surface area contributed by atoms with Gasteiger partial charge in [-0.1, -0.05) is 63.2 Å². The van der Waals surface area contributed by atoms with Crippen molar-refractivity contribution in [3.8, 4) is 5.75 Å². The maximum atomic E-state index is 12.5. The van der Waals surface area contributed by atoms with Crippen molar-refractivity contribution < 1.29 is 14.3 Å². The molecular formula is C28H38N2O3. The van der Waals surface area contributed by atoms with Crippen LogP contribution in [0.4, 0.5) is 0 Å². The van der Waals surface area contributed by atoms with Gasteiger partial charge in [0.15, 0.2) is 0 Å². The third kappa shape index (κ3) is 8.23. The van der Waals surface area contributed by atoms with Crippen molar-refractivity contribution in [3.05, 3.63) is 65.7 Å². The van der Waals surface area contributed by atoms with E-state index < -0.39 is 0 Å². The first-order valence-corrected chi connectivity index (χ1v) is 12.2. The highest BCUT2D eigenvalue weighted by atomic mass is 16.5. The summed E-state index contributed by atoms with van der Waals surface area (Å²) < 4.78 is 5.81. The monoisotopic (exact) mass is 450 g/mol. The summed E-state index contributed by atoms with van der Waals surface area (Å²) in [4.78, 5) is 26.7. The number of hydrogen-bond acceptors (Lipinski definition) is 3. The predicted octanol–water partition coefficient (Wildman–Crippen LogP) is 4.88. The van der Waals surface area contributed by atoms with E-state index in [0.29, 0.717) is 39.0 Å². The lowest BCUT2D eigenvalue weighted by molar-refractivity contribution is -0.132. The average Bonchev–Trinajstić information content (AvgIpc) is 2.81. The van der Waals surface area contributed by atoms with Crippen LogP contribution in [-0.2, 0) is 21.4 Å². The van der Waals surface area contributed by atoms with Gasteiger partial charge in [-0.15, -0.1) is 0 Å². The summed E-state index contributed by atoms with van der Waals surface area (Å²) in [5.41, 5.74) is 2.59. The Kier molecular flexibility index (Phi) is 8.93. The van der Waals surface area contributed by atoms with Crippen LogP contribution in [-0.4, -0.2) is 42.5 Å². The SMILES string of the molecule is CC(C)(C)c1ccc(OCCCC(=O)N2CCC(NC(=O)CCc3ccccc3)CC2)cc1. The summed E-state index contributed by atoms with van der Waals surface area (Å²) >= 11 is 0. The molecule has 3 rings (SSSR count). The fourth-order valence-electron chi connectivity index (χ4n) is 4.10. The van der Waals surface area contributed by atoms with Crippen molar-refractivity contribution in [1.82, 2.24) is 10.2 Å². The van der Waals surface area contributed by atoms with Gasteiger partial charge in [-0.05, 0) is 54.4 Å². The number of amides is 2. The molecule has 1 saturated heterocycles. The van der Waals surface area contributed by atoms with Crippen LogP contribution in [0.2, 0.25) is 0 Å². The highest BCUT2D eigenvalue weighted by molar-refractivity contribution is 5.77. The van der Waals surface area contributed by atoms with Gasteiger partial charge in [0.05, 0.1) is 6.61 Å². The molecule has 2 aromatic carbocycles. The van der Waals surface area contributed by atoms with Gasteiger partial charge >= 0.3 is 0 Å². The molecule has 0 aliphatic carbocycles. The van der Waals surface area contributed by atoms with E-state index in [0.717, 1.165) is 25.0 Å². The fraction of sp³-hybridized carbons (Fsp3) is 0.500. The van der Waals surface area contributed by atoms with E-state index >= 15 is 0 Å². The zero-order chi connectivity index (χ0) is 23.7. The molecular weight excluding hydrogens is 412 g/mol. The van der Waals surface area contributed by atoms with Gasteiger partial charge in [-0.25, -0.2) is 0 Å². The minimum Gasteiger partial charge on any atom is -0.494 e. The Morgan fingerprint density at radius 1 is 0.970 bits per heavy atom. The Labute approximate surface area is 198 Å². The molecule has 0 atom stereocenters. The molecule has 0 bridgehead atoms. The number of aryl methyl sites for hydroxylation is 1. The molecule has 0 radical (unpaired) electrons. The number of likely N-dealkylation sites (tertiary alicyclic amines) is 1. The number of ether oxygens (including phenoxy) is 1. The van der Waals surface area contributed by atoms with Crippen LogP contribution in [0.15, 0.2) is 54.6 Å². The first-order valence-electron chi connectivity index (χ1n) is 12.2.